The lowest BCUT2D eigenvalue weighted by Crippen LogP contribution is -2.37. The Kier molecular flexibility index (Phi) is 4.34. The van der Waals surface area contributed by atoms with Crippen LogP contribution in [0, 0.1) is 26.7 Å². The van der Waals surface area contributed by atoms with E-state index in [1.54, 1.807) is 0 Å². The first-order chi connectivity index (χ1) is 12.9. The molecule has 0 spiro atoms. The Morgan fingerprint density at radius 3 is 2.41 bits per heavy atom. The molecule has 0 aliphatic carbocycles. The van der Waals surface area contributed by atoms with Crippen LogP contribution >= 0.6 is 0 Å². The maximum atomic E-state index is 11.2. The zero-order chi connectivity index (χ0) is 19.1. The second kappa shape index (κ2) is 6.68. The van der Waals surface area contributed by atoms with Crippen molar-refractivity contribution in [3.8, 4) is 11.1 Å². The van der Waals surface area contributed by atoms with E-state index in [1.807, 2.05) is 24.4 Å². The summed E-state index contributed by atoms with van der Waals surface area (Å²) in [5, 5.41) is 14.0. The zero-order valence-corrected chi connectivity index (χ0v) is 15.9. The number of hydrogen-bond acceptors (Lipinski definition) is 4. The van der Waals surface area contributed by atoms with E-state index in [0.29, 0.717) is 25.9 Å². The van der Waals surface area contributed by atoms with Gasteiger partial charge in [0.05, 0.1) is 11.6 Å². The van der Waals surface area contributed by atoms with Crippen molar-refractivity contribution in [1.82, 2.24) is 14.6 Å². The van der Waals surface area contributed by atoms with Crippen molar-refractivity contribution in [2.45, 2.75) is 33.6 Å². The third-order valence-corrected chi connectivity index (χ3v) is 5.38. The molecule has 1 aromatic carbocycles. The fourth-order valence-electron chi connectivity index (χ4n) is 3.86. The maximum Gasteiger partial charge on any atom is 0.306 e. The number of aryl methyl sites for hydroxylation is 3. The molecule has 6 nitrogen and oxygen atoms in total. The maximum absolute atomic E-state index is 11.2. The summed E-state index contributed by atoms with van der Waals surface area (Å²) in [6.45, 7) is 7.52. The molecule has 0 amide bonds. The highest BCUT2D eigenvalue weighted by atomic mass is 16.4. The summed E-state index contributed by atoms with van der Waals surface area (Å²) in [5.41, 5.74) is 6.12. The Balaban J connectivity index is 1.78. The number of aliphatic carboxylic acids is 1. The van der Waals surface area contributed by atoms with Gasteiger partial charge in [0.25, 0.3) is 0 Å². The topological polar surface area (TPSA) is 70.7 Å². The van der Waals surface area contributed by atoms with Gasteiger partial charge in [-0.15, -0.1) is 0 Å². The fraction of sp³-hybridized carbons (Fsp3) is 0.381. The highest BCUT2D eigenvalue weighted by Gasteiger charge is 2.27. The third-order valence-electron chi connectivity index (χ3n) is 5.38. The van der Waals surface area contributed by atoms with Crippen molar-refractivity contribution in [2.24, 2.45) is 5.92 Å². The lowest BCUT2D eigenvalue weighted by Gasteiger charge is -2.32. The number of piperidine rings is 1. The van der Waals surface area contributed by atoms with Gasteiger partial charge in [0.15, 0.2) is 5.65 Å². The van der Waals surface area contributed by atoms with Crippen LogP contribution in [0.15, 0.2) is 30.3 Å². The Morgan fingerprint density at radius 1 is 1.11 bits per heavy atom. The summed E-state index contributed by atoms with van der Waals surface area (Å²) in [6.07, 6.45) is 1.31. The van der Waals surface area contributed by atoms with E-state index in [0.717, 1.165) is 34.0 Å². The standard InChI is InChI=1S/C21H24N4O2/c1-13-4-6-16(7-5-13)19-15(3)23-25-18(12-14(2)22-20(19)25)24-10-8-17(9-11-24)21(26)27/h4-7,12,17H,8-11H2,1-3H3,(H,26,27). The van der Waals surface area contributed by atoms with Gasteiger partial charge >= 0.3 is 5.97 Å². The molecule has 1 N–H and O–H groups in total. The van der Waals surface area contributed by atoms with Crippen LogP contribution in [-0.4, -0.2) is 38.8 Å². The van der Waals surface area contributed by atoms with E-state index in [2.05, 4.69) is 36.1 Å². The van der Waals surface area contributed by atoms with Crippen molar-refractivity contribution in [3.05, 3.63) is 47.3 Å². The number of carboxylic acid groups (broad SMARTS) is 1. The number of carboxylic acids is 1. The third kappa shape index (κ3) is 3.16. The van der Waals surface area contributed by atoms with E-state index >= 15 is 0 Å². The van der Waals surface area contributed by atoms with E-state index in [-0.39, 0.29) is 5.92 Å². The zero-order valence-electron chi connectivity index (χ0n) is 15.9. The molecule has 2 aromatic heterocycles. The summed E-state index contributed by atoms with van der Waals surface area (Å²) in [6, 6.07) is 10.5. The van der Waals surface area contributed by atoms with Gasteiger partial charge in [-0.25, -0.2) is 4.98 Å². The van der Waals surface area contributed by atoms with Crippen molar-refractivity contribution in [2.75, 3.05) is 18.0 Å². The molecular weight excluding hydrogens is 340 g/mol. The highest BCUT2D eigenvalue weighted by molar-refractivity contribution is 5.81. The predicted octanol–water partition coefficient (Wildman–Crippen LogP) is 3.62. The Morgan fingerprint density at radius 2 is 1.78 bits per heavy atom. The molecule has 27 heavy (non-hydrogen) atoms. The molecule has 1 saturated heterocycles. The molecule has 0 unspecified atom stereocenters. The summed E-state index contributed by atoms with van der Waals surface area (Å²) in [7, 11) is 0. The van der Waals surface area contributed by atoms with E-state index in [4.69, 9.17) is 10.1 Å². The van der Waals surface area contributed by atoms with Gasteiger partial charge in [0.2, 0.25) is 0 Å². The second-order valence-electron chi connectivity index (χ2n) is 7.42. The van der Waals surface area contributed by atoms with Crippen LogP contribution in [-0.2, 0) is 4.79 Å². The van der Waals surface area contributed by atoms with Gasteiger partial charge in [-0.2, -0.15) is 9.61 Å². The quantitative estimate of drug-likeness (QED) is 0.768. The number of carbonyl (C=O) groups is 1. The smallest absolute Gasteiger partial charge is 0.306 e. The summed E-state index contributed by atoms with van der Waals surface area (Å²) in [5.74, 6) is 0.0484. The van der Waals surface area contributed by atoms with Crippen LogP contribution in [0.4, 0.5) is 5.82 Å². The number of fused-ring (bicyclic) bond motifs is 1. The van der Waals surface area contributed by atoms with Gasteiger partial charge in [-0.05, 0) is 39.2 Å². The minimum absolute atomic E-state index is 0.248. The van der Waals surface area contributed by atoms with Crippen LogP contribution in [0.25, 0.3) is 16.8 Å². The first-order valence-electron chi connectivity index (χ1n) is 9.36. The van der Waals surface area contributed by atoms with Crippen molar-refractivity contribution in [3.63, 3.8) is 0 Å². The Hall–Kier alpha value is -2.89. The van der Waals surface area contributed by atoms with E-state index in [1.165, 1.54) is 5.56 Å². The molecule has 1 aliphatic rings. The lowest BCUT2D eigenvalue weighted by molar-refractivity contribution is -0.142. The van der Waals surface area contributed by atoms with Gasteiger partial charge in [-0.1, -0.05) is 29.8 Å². The minimum Gasteiger partial charge on any atom is -0.481 e. The molecule has 0 bridgehead atoms. The van der Waals surface area contributed by atoms with Gasteiger partial charge in [0.1, 0.15) is 5.82 Å². The first kappa shape index (κ1) is 17.5. The summed E-state index contributed by atoms with van der Waals surface area (Å²) >= 11 is 0. The van der Waals surface area contributed by atoms with Crippen molar-refractivity contribution >= 4 is 17.4 Å². The lowest BCUT2D eigenvalue weighted by atomic mass is 9.97. The summed E-state index contributed by atoms with van der Waals surface area (Å²) < 4.78 is 1.92. The monoisotopic (exact) mass is 364 g/mol. The fourth-order valence-corrected chi connectivity index (χ4v) is 3.86. The number of rotatable bonds is 3. The van der Waals surface area contributed by atoms with Crippen molar-refractivity contribution < 1.29 is 9.90 Å². The molecule has 140 valence electrons. The number of benzene rings is 1. The number of nitrogens with zero attached hydrogens (tertiary/aromatic N) is 4. The van der Waals surface area contributed by atoms with Crippen LogP contribution in [0.1, 0.15) is 29.8 Å². The molecule has 0 atom stereocenters. The molecule has 3 aromatic rings. The SMILES string of the molecule is Cc1ccc(-c2c(C)nn3c(N4CCC(C(=O)O)CC4)cc(C)nc23)cc1. The van der Waals surface area contributed by atoms with Crippen LogP contribution in [0.3, 0.4) is 0 Å². The van der Waals surface area contributed by atoms with E-state index in [9.17, 15) is 9.90 Å². The average Bonchev–Trinajstić information content (AvgIpc) is 2.97. The molecule has 0 saturated carbocycles. The van der Waals surface area contributed by atoms with Crippen molar-refractivity contribution in [1.29, 1.82) is 0 Å². The molecule has 6 heteroatoms. The molecule has 3 heterocycles. The summed E-state index contributed by atoms with van der Waals surface area (Å²) in [4.78, 5) is 18.2. The minimum atomic E-state index is -0.692. The second-order valence-corrected chi connectivity index (χ2v) is 7.42. The number of aromatic nitrogens is 3. The predicted molar refractivity (Wildman–Crippen MR) is 105 cm³/mol. The molecule has 4 rings (SSSR count). The van der Waals surface area contributed by atoms with Gasteiger partial charge in [0, 0.05) is 30.4 Å². The number of anilines is 1. The molecular formula is C21H24N4O2. The van der Waals surface area contributed by atoms with Crippen LogP contribution in [0.5, 0.6) is 0 Å². The van der Waals surface area contributed by atoms with Gasteiger partial charge in [-0.3, -0.25) is 4.79 Å². The Labute approximate surface area is 158 Å². The average molecular weight is 364 g/mol. The largest absolute Gasteiger partial charge is 0.481 e. The van der Waals surface area contributed by atoms with Crippen LogP contribution in [0.2, 0.25) is 0 Å². The highest BCUT2D eigenvalue weighted by Crippen LogP contribution is 2.31. The first-order valence-corrected chi connectivity index (χ1v) is 9.36. The van der Waals surface area contributed by atoms with Crippen LogP contribution < -0.4 is 4.90 Å². The molecule has 0 radical (unpaired) electrons. The molecule has 1 aliphatic heterocycles. The molecule has 1 fully saturated rings. The normalized spacial score (nSPS) is 15.4. The number of hydrogen-bond donors (Lipinski definition) is 1. The van der Waals surface area contributed by atoms with E-state index < -0.39 is 5.97 Å². The Bertz CT molecular complexity index is 999. The van der Waals surface area contributed by atoms with Gasteiger partial charge < -0.3 is 10.0 Å².